The van der Waals surface area contributed by atoms with E-state index in [-0.39, 0.29) is 0 Å². The molecule has 0 saturated heterocycles. The molecule has 0 aromatic heterocycles. The van der Waals surface area contributed by atoms with Crippen LogP contribution in [0.3, 0.4) is 0 Å². The van der Waals surface area contributed by atoms with Gasteiger partial charge in [0.1, 0.15) is 11.5 Å². The van der Waals surface area contributed by atoms with Crippen LogP contribution < -0.4 is 14.8 Å². The normalized spacial score (nSPS) is 10.6. The van der Waals surface area contributed by atoms with Crippen molar-refractivity contribution < 1.29 is 9.47 Å². The lowest BCUT2D eigenvalue weighted by molar-refractivity contribution is 0.394. The maximum atomic E-state index is 5.17. The van der Waals surface area contributed by atoms with E-state index in [0.717, 1.165) is 23.6 Å². The second-order valence-corrected chi connectivity index (χ2v) is 3.11. The zero-order valence-corrected chi connectivity index (χ0v) is 9.41. The number of benzene rings is 1. The second-order valence-electron chi connectivity index (χ2n) is 3.11. The summed E-state index contributed by atoms with van der Waals surface area (Å²) in [5.74, 6) is 1.61. The number of likely N-dealkylation sites (N-methyl/N-ethyl adjacent to an activating group) is 1. The van der Waals surface area contributed by atoms with Gasteiger partial charge in [-0.1, -0.05) is 12.2 Å². The van der Waals surface area contributed by atoms with E-state index >= 15 is 0 Å². The van der Waals surface area contributed by atoms with Gasteiger partial charge in [0.15, 0.2) is 0 Å². The molecule has 0 amide bonds. The minimum atomic E-state index is 0.804. The van der Waals surface area contributed by atoms with E-state index in [1.807, 2.05) is 37.4 Å². The highest BCUT2D eigenvalue weighted by Crippen LogP contribution is 2.23. The molecule has 1 rings (SSSR count). The highest BCUT2D eigenvalue weighted by atomic mass is 16.5. The predicted molar refractivity (Wildman–Crippen MR) is 62.5 cm³/mol. The van der Waals surface area contributed by atoms with Crippen LogP contribution in [0.15, 0.2) is 24.3 Å². The van der Waals surface area contributed by atoms with Gasteiger partial charge in [-0.05, 0) is 24.7 Å². The summed E-state index contributed by atoms with van der Waals surface area (Å²) in [4.78, 5) is 0. The van der Waals surface area contributed by atoms with Crippen molar-refractivity contribution in [3.8, 4) is 11.5 Å². The van der Waals surface area contributed by atoms with Crippen molar-refractivity contribution in [2.75, 3.05) is 27.8 Å². The highest BCUT2D eigenvalue weighted by Gasteiger charge is 1.98. The van der Waals surface area contributed by atoms with Crippen molar-refractivity contribution in [3.05, 3.63) is 29.8 Å². The quantitative estimate of drug-likeness (QED) is 0.800. The minimum Gasteiger partial charge on any atom is -0.497 e. The van der Waals surface area contributed by atoms with Gasteiger partial charge in [-0.15, -0.1) is 0 Å². The molecule has 0 bridgehead atoms. The molecule has 0 atom stereocenters. The lowest BCUT2D eigenvalue weighted by Crippen LogP contribution is -2.03. The summed E-state index contributed by atoms with van der Waals surface area (Å²) < 4.78 is 10.3. The van der Waals surface area contributed by atoms with Gasteiger partial charge in [0.25, 0.3) is 0 Å². The minimum absolute atomic E-state index is 0.804. The third-order valence-electron chi connectivity index (χ3n) is 2.01. The average molecular weight is 207 g/mol. The van der Waals surface area contributed by atoms with Crippen LogP contribution in [0.4, 0.5) is 0 Å². The fourth-order valence-corrected chi connectivity index (χ4v) is 1.24. The summed E-state index contributed by atoms with van der Waals surface area (Å²) in [6.45, 7) is 0.847. The largest absolute Gasteiger partial charge is 0.497 e. The molecule has 0 spiro atoms. The Labute approximate surface area is 90.7 Å². The van der Waals surface area contributed by atoms with Gasteiger partial charge in [-0.3, -0.25) is 0 Å². The third kappa shape index (κ3) is 3.64. The maximum Gasteiger partial charge on any atom is 0.123 e. The van der Waals surface area contributed by atoms with E-state index < -0.39 is 0 Å². The number of nitrogens with one attached hydrogen (secondary N) is 1. The fraction of sp³-hybridized carbons (Fsp3) is 0.333. The van der Waals surface area contributed by atoms with E-state index in [1.54, 1.807) is 14.2 Å². The lowest BCUT2D eigenvalue weighted by Gasteiger charge is -2.05. The van der Waals surface area contributed by atoms with Gasteiger partial charge in [0.2, 0.25) is 0 Å². The molecule has 3 nitrogen and oxygen atoms in total. The van der Waals surface area contributed by atoms with Crippen LogP contribution in [-0.2, 0) is 0 Å². The van der Waals surface area contributed by atoms with Gasteiger partial charge in [0.05, 0.1) is 14.2 Å². The van der Waals surface area contributed by atoms with E-state index in [0.29, 0.717) is 0 Å². The molecule has 0 unspecified atom stereocenters. The van der Waals surface area contributed by atoms with Crippen molar-refractivity contribution in [3.63, 3.8) is 0 Å². The van der Waals surface area contributed by atoms with Crippen LogP contribution >= 0.6 is 0 Å². The molecule has 0 heterocycles. The zero-order chi connectivity index (χ0) is 11.1. The molecule has 0 aliphatic heterocycles. The van der Waals surface area contributed by atoms with Crippen LogP contribution in [0.1, 0.15) is 5.56 Å². The molecule has 0 aliphatic carbocycles. The summed E-state index contributed by atoms with van der Waals surface area (Å²) in [5, 5.41) is 3.05. The molecule has 82 valence electrons. The molecular weight excluding hydrogens is 190 g/mol. The van der Waals surface area contributed by atoms with E-state index in [9.17, 15) is 0 Å². The fourth-order valence-electron chi connectivity index (χ4n) is 1.24. The van der Waals surface area contributed by atoms with Crippen molar-refractivity contribution in [2.24, 2.45) is 0 Å². The Morgan fingerprint density at radius 3 is 2.20 bits per heavy atom. The predicted octanol–water partition coefficient (Wildman–Crippen LogP) is 1.94. The summed E-state index contributed by atoms with van der Waals surface area (Å²) in [5.41, 5.74) is 1.07. The molecule has 0 saturated carbocycles. The Bertz CT molecular complexity index is 312. The van der Waals surface area contributed by atoms with Gasteiger partial charge < -0.3 is 14.8 Å². The Balaban J connectivity index is 2.86. The average Bonchev–Trinajstić information content (AvgIpc) is 2.29. The molecule has 0 aliphatic rings. The molecular formula is C12H17NO2. The van der Waals surface area contributed by atoms with Crippen LogP contribution in [0.25, 0.3) is 6.08 Å². The molecule has 0 fully saturated rings. The zero-order valence-electron chi connectivity index (χ0n) is 9.41. The smallest absolute Gasteiger partial charge is 0.123 e. The Hall–Kier alpha value is -1.48. The van der Waals surface area contributed by atoms with Crippen molar-refractivity contribution in [1.29, 1.82) is 0 Å². The Morgan fingerprint density at radius 2 is 1.73 bits per heavy atom. The number of methoxy groups -OCH3 is 2. The first-order valence-corrected chi connectivity index (χ1v) is 4.84. The summed E-state index contributed by atoms with van der Waals surface area (Å²) in [7, 11) is 5.21. The Morgan fingerprint density at radius 1 is 1.13 bits per heavy atom. The van der Waals surface area contributed by atoms with Crippen molar-refractivity contribution in [2.45, 2.75) is 0 Å². The first-order valence-electron chi connectivity index (χ1n) is 4.84. The number of ether oxygens (including phenoxy) is 2. The Kier molecular flexibility index (Phi) is 4.71. The van der Waals surface area contributed by atoms with Gasteiger partial charge in [-0.2, -0.15) is 0 Å². The molecule has 0 radical (unpaired) electrons. The van der Waals surface area contributed by atoms with Crippen LogP contribution in [0, 0.1) is 0 Å². The first-order chi connectivity index (χ1) is 7.30. The number of rotatable bonds is 5. The second kappa shape index (κ2) is 6.09. The lowest BCUT2D eigenvalue weighted by atomic mass is 10.2. The molecule has 15 heavy (non-hydrogen) atoms. The van der Waals surface area contributed by atoms with Gasteiger partial charge in [-0.25, -0.2) is 0 Å². The number of hydrogen-bond donors (Lipinski definition) is 1. The van der Waals surface area contributed by atoms with E-state index in [2.05, 4.69) is 5.32 Å². The molecule has 3 heteroatoms. The first kappa shape index (κ1) is 11.6. The maximum absolute atomic E-state index is 5.17. The van der Waals surface area contributed by atoms with E-state index in [4.69, 9.17) is 9.47 Å². The van der Waals surface area contributed by atoms with Crippen LogP contribution in [0.5, 0.6) is 11.5 Å². The monoisotopic (exact) mass is 207 g/mol. The topological polar surface area (TPSA) is 30.5 Å². The standard InChI is InChI=1S/C12H17NO2/c1-13-6-4-5-10-7-11(14-2)9-12(8-10)15-3/h4-5,7-9,13H,6H2,1-3H3. The third-order valence-corrected chi connectivity index (χ3v) is 2.01. The van der Waals surface area contributed by atoms with Crippen LogP contribution in [-0.4, -0.2) is 27.8 Å². The van der Waals surface area contributed by atoms with E-state index in [1.165, 1.54) is 0 Å². The molecule has 1 aromatic rings. The van der Waals surface area contributed by atoms with Crippen LogP contribution in [0.2, 0.25) is 0 Å². The summed E-state index contributed by atoms with van der Waals surface area (Å²) >= 11 is 0. The number of hydrogen-bond acceptors (Lipinski definition) is 3. The summed E-state index contributed by atoms with van der Waals surface area (Å²) in [6, 6.07) is 5.79. The molecule has 1 N–H and O–H groups in total. The molecule has 1 aromatic carbocycles. The van der Waals surface area contributed by atoms with Gasteiger partial charge >= 0.3 is 0 Å². The van der Waals surface area contributed by atoms with Crippen molar-refractivity contribution >= 4 is 6.08 Å². The SMILES string of the molecule is CNCC=Cc1cc(OC)cc(OC)c1. The van der Waals surface area contributed by atoms with Gasteiger partial charge in [0, 0.05) is 12.6 Å². The highest BCUT2D eigenvalue weighted by molar-refractivity contribution is 5.55. The summed E-state index contributed by atoms with van der Waals surface area (Å²) in [6.07, 6.45) is 4.08. The van der Waals surface area contributed by atoms with Crippen molar-refractivity contribution in [1.82, 2.24) is 5.32 Å².